The molecule has 0 aliphatic carbocycles. The number of anilines is 2. The zero-order valence-electron chi connectivity index (χ0n) is 10.8. The van der Waals surface area contributed by atoms with Crippen LogP contribution < -0.4 is 16.0 Å². The number of imidazole rings is 1. The summed E-state index contributed by atoms with van der Waals surface area (Å²) in [6.07, 6.45) is 1.25. The molecular formula is C12H14N5O3+. The highest BCUT2D eigenvalue weighted by molar-refractivity contribution is 6.08. The Bertz CT molecular complexity index is 638. The number of ether oxygens (including phenoxy) is 1. The van der Waals surface area contributed by atoms with Crippen LogP contribution in [0.15, 0.2) is 24.5 Å². The number of nitrogens with two attached hydrogens (primary N) is 1. The maximum atomic E-state index is 12.1. The van der Waals surface area contributed by atoms with Gasteiger partial charge in [-0.1, -0.05) is 0 Å². The normalized spacial score (nSPS) is 10.1. The second-order valence-corrected chi connectivity index (χ2v) is 3.82. The van der Waals surface area contributed by atoms with Crippen molar-refractivity contribution >= 4 is 23.5 Å². The molecule has 0 bridgehead atoms. The first kappa shape index (κ1) is 13.5. The Balaban J connectivity index is 2.18. The lowest BCUT2D eigenvalue weighted by atomic mass is 10.3. The van der Waals surface area contributed by atoms with Crippen molar-refractivity contribution in [2.75, 3.05) is 17.7 Å². The van der Waals surface area contributed by atoms with E-state index in [-0.39, 0.29) is 18.0 Å². The molecular weight excluding hydrogens is 262 g/mol. The molecule has 0 unspecified atom stereocenters. The van der Waals surface area contributed by atoms with Gasteiger partial charge in [0, 0.05) is 12.1 Å². The monoisotopic (exact) mass is 276 g/mol. The molecule has 0 radical (unpaired) electrons. The zero-order valence-corrected chi connectivity index (χ0v) is 10.8. The van der Waals surface area contributed by atoms with E-state index in [1.807, 2.05) is 0 Å². The van der Waals surface area contributed by atoms with Gasteiger partial charge in [0.1, 0.15) is 0 Å². The minimum absolute atomic E-state index is 0.00764. The summed E-state index contributed by atoms with van der Waals surface area (Å²) in [4.78, 5) is 32.9. The lowest BCUT2D eigenvalue weighted by Gasteiger charge is -2.02. The second-order valence-electron chi connectivity index (χ2n) is 3.82. The molecule has 0 fully saturated rings. The number of rotatable bonds is 4. The molecule has 0 aliphatic heterocycles. The molecule has 0 atom stereocenters. The Labute approximate surface area is 114 Å². The predicted octanol–water partition coefficient (Wildman–Crippen LogP) is 0.235. The maximum absolute atomic E-state index is 12.1. The van der Waals surface area contributed by atoms with E-state index in [0.29, 0.717) is 11.6 Å². The van der Waals surface area contributed by atoms with Gasteiger partial charge < -0.3 is 15.5 Å². The highest BCUT2D eigenvalue weighted by Gasteiger charge is 2.23. The fraction of sp³-hybridized carbons (Fsp3) is 0.167. The van der Waals surface area contributed by atoms with Gasteiger partial charge in [-0.25, -0.2) is 24.9 Å². The van der Waals surface area contributed by atoms with Crippen molar-refractivity contribution in [1.82, 2.24) is 9.97 Å². The van der Waals surface area contributed by atoms with E-state index in [1.165, 1.54) is 6.33 Å². The first-order chi connectivity index (χ1) is 9.61. The lowest BCUT2D eigenvalue weighted by Crippen LogP contribution is -2.23. The summed E-state index contributed by atoms with van der Waals surface area (Å²) in [6, 6.07) is 4.96. The minimum atomic E-state index is -0.633. The van der Waals surface area contributed by atoms with Gasteiger partial charge in [0.25, 0.3) is 0 Å². The number of amides is 1. The molecule has 2 heterocycles. The average Bonchev–Trinajstić information content (AvgIpc) is 2.88. The van der Waals surface area contributed by atoms with E-state index in [1.54, 1.807) is 25.1 Å². The maximum Gasteiger partial charge on any atom is 0.357 e. The number of nitrogens with zero attached hydrogens (tertiary/aromatic N) is 1. The van der Waals surface area contributed by atoms with Gasteiger partial charge in [-0.3, -0.25) is 0 Å². The van der Waals surface area contributed by atoms with Crippen molar-refractivity contribution < 1.29 is 19.3 Å². The van der Waals surface area contributed by atoms with Crippen LogP contribution in [0.4, 0.5) is 11.6 Å². The van der Waals surface area contributed by atoms with Gasteiger partial charge in [0.2, 0.25) is 11.6 Å². The number of esters is 1. The summed E-state index contributed by atoms with van der Waals surface area (Å²) in [5.41, 5.74) is 5.53. The van der Waals surface area contributed by atoms with Crippen LogP contribution in [0, 0.1) is 0 Å². The molecule has 0 saturated carbocycles. The number of nitrogen functional groups attached to an aromatic ring is 1. The molecule has 8 nitrogen and oxygen atoms in total. The Hall–Kier alpha value is -2.90. The number of aromatic nitrogens is 3. The topological polar surface area (TPSA) is 124 Å². The van der Waals surface area contributed by atoms with Crippen molar-refractivity contribution in [2.24, 2.45) is 0 Å². The third-order valence-electron chi connectivity index (χ3n) is 2.40. The van der Waals surface area contributed by atoms with E-state index < -0.39 is 11.9 Å². The Kier molecular flexibility index (Phi) is 3.94. The number of H-pyrrole nitrogens is 2. The first-order valence-corrected chi connectivity index (χ1v) is 5.91. The highest BCUT2D eigenvalue weighted by atomic mass is 16.5. The number of hydrogen-bond donors (Lipinski definition) is 3. The van der Waals surface area contributed by atoms with Crippen LogP contribution in [0.1, 0.15) is 27.9 Å². The number of carbonyl (C=O) groups is 2. The van der Waals surface area contributed by atoms with E-state index in [4.69, 9.17) is 10.5 Å². The van der Waals surface area contributed by atoms with Gasteiger partial charge in [-0.2, -0.15) is 0 Å². The summed E-state index contributed by atoms with van der Waals surface area (Å²) < 4.78 is 4.83. The lowest BCUT2D eigenvalue weighted by molar-refractivity contribution is -0.342. The van der Waals surface area contributed by atoms with Gasteiger partial charge in [0.15, 0.2) is 11.4 Å². The van der Waals surface area contributed by atoms with Crippen LogP contribution in [0.25, 0.3) is 0 Å². The number of nitrogens with one attached hydrogen (secondary N) is 3. The van der Waals surface area contributed by atoms with Crippen LogP contribution in [-0.2, 0) is 4.74 Å². The van der Waals surface area contributed by atoms with Crippen LogP contribution in [0.5, 0.6) is 0 Å². The van der Waals surface area contributed by atoms with E-state index in [2.05, 4.69) is 20.3 Å². The predicted molar refractivity (Wildman–Crippen MR) is 69.9 cm³/mol. The number of pyridine rings is 1. The number of carbonyl (C=O) groups excluding carboxylic acids is 2. The van der Waals surface area contributed by atoms with Crippen molar-refractivity contribution in [3.8, 4) is 0 Å². The van der Waals surface area contributed by atoms with E-state index in [9.17, 15) is 9.59 Å². The molecule has 8 heteroatoms. The second kappa shape index (κ2) is 5.83. The van der Waals surface area contributed by atoms with E-state index >= 15 is 0 Å². The first-order valence-electron chi connectivity index (χ1n) is 5.91. The molecule has 2 rings (SSSR count). The summed E-state index contributed by atoms with van der Waals surface area (Å²) in [7, 11) is 0. The largest absolute Gasteiger partial charge is 0.461 e. The molecule has 104 valence electrons. The highest BCUT2D eigenvalue weighted by Crippen LogP contribution is 2.08. The zero-order chi connectivity index (χ0) is 14.5. The van der Waals surface area contributed by atoms with Crippen LogP contribution >= 0.6 is 0 Å². The van der Waals surface area contributed by atoms with Crippen molar-refractivity contribution in [2.45, 2.75) is 6.92 Å². The Morgan fingerprint density at radius 3 is 3.00 bits per heavy atom. The Morgan fingerprint density at radius 1 is 1.50 bits per heavy atom. The van der Waals surface area contributed by atoms with Crippen LogP contribution in [0.2, 0.25) is 0 Å². The van der Waals surface area contributed by atoms with Crippen molar-refractivity contribution in [3.05, 3.63) is 35.9 Å². The third-order valence-corrected chi connectivity index (χ3v) is 2.40. The molecule has 2 aromatic heterocycles. The average molecular weight is 276 g/mol. The summed E-state index contributed by atoms with van der Waals surface area (Å²) in [5, 5.41) is 2.56. The quantitative estimate of drug-likeness (QED) is 0.690. The van der Waals surface area contributed by atoms with Crippen molar-refractivity contribution in [3.63, 3.8) is 0 Å². The van der Waals surface area contributed by atoms with Gasteiger partial charge in [-0.15, -0.1) is 0 Å². The summed E-state index contributed by atoms with van der Waals surface area (Å²) in [6.45, 7) is 1.89. The molecule has 0 saturated heterocycles. The van der Waals surface area contributed by atoms with Gasteiger partial charge >= 0.3 is 11.9 Å². The molecule has 0 aliphatic rings. The third kappa shape index (κ3) is 2.91. The molecule has 1 amide bonds. The van der Waals surface area contributed by atoms with Gasteiger partial charge in [0.05, 0.1) is 12.9 Å². The van der Waals surface area contributed by atoms with Crippen LogP contribution in [0.3, 0.4) is 0 Å². The standard InChI is InChI=1S/C12H13N5O3/c1-2-20-12(19)10-9(14-6-15-10)11(18)17-8-5-3-4-7(13)16-8/h3-6H,2H2,1H3,(H,14,15)(H3,13,16,17,18)/p+1. The van der Waals surface area contributed by atoms with E-state index in [0.717, 1.165) is 0 Å². The fourth-order valence-electron chi connectivity index (χ4n) is 1.57. The number of aromatic amines is 2. The SMILES string of the molecule is CCOC(=O)c1[nH]cnc1C(=O)Nc1cccc(N)[nH+]1. The van der Waals surface area contributed by atoms with Gasteiger partial charge in [-0.05, 0) is 13.0 Å². The molecule has 2 aromatic rings. The molecule has 0 aromatic carbocycles. The van der Waals surface area contributed by atoms with Crippen molar-refractivity contribution in [1.29, 1.82) is 0 Å². The van der Waals surface area contributed by atoms with Crippen LogP contribution in [-0.4, -0.2) is 28.5 Å². The number of hydrogen-bond acceptors (Lipinski definition) is 5. The molecule has 20 heavy (non-hydrogen) atoms. The Morgan fingerprint density at radius 2 is 2.30 bits per heavy atom. The minimum Gasteiger partial charge on any atom is -0.461 e. The smallest absolute Gasteiger partial charge is 0.357 e. The summed E-state index contributed by atoms with van der Waals surface area (Å²) >= 11 is 0. The summed E-state index contributed by atoms with van der Waals surface area (Å²) in [5.74, 6) is -0.383. The molecule has 0 spiro atoms. The molecule has 5 N–H and O–H groups in total. The fourth-order valence-corrected chi connectivity index (χ4v) is 1.57.